The predicted octanol–water partition coefficient (Wildman–Crippen LogP) is 3.51. The van der Waals surface area contributed by atoms with E-state index in [9.17, 15) is 0 Å². The van der Waals surface area contributed by atoms with E-state index < -0.39 is 0 Å². The van der Waals surface area contributed by atoms with Crippen LogP contribution in [0.15, 0.2) is 6.20 Å². The molecule has 2 nitrogen and oxygen atoms in total. The summed E-state index contributed by atoms with van der Waals surface area (Å²) in [5.74, 6) is 2.21. The summed E-state index contributed by atoms with van der Waals surface area (Å²) in [6.07, 6.45) is 3.92. The molecular formula is C13H20ClNO. The van der Waals surface area contributed by atoms with Crippen molar-refractivity contribution >= 4 is 11.6 Å². The molecular weight excluding hydrogens is 222 g/mol. The SMILES string of the molecule is COc1c(C)cnc(CCC(C)CCl)c1C. The summed E-state index contributed by atoms with van der Waals surface area (Å²) < 4.78 is 5.38. The number of rotatable bonds is 5. The van der Waals surface area contributed by atoms with E-state index in [1.165, 1.54) is 0 Å². The van der Waals surface area contributed by atoms with E-state index in [1.807, 2.05) is 13.1 Å². The summed E-state index contributed by atoms with van der Waals surface area (Å²) in [6.45, 7) is 6.25. The van der Waals surface area contributed by atoms with Crippen LogP contribution in [-0.4, -0.2) is 18.0 Å². The molecule has 1 rings (SSSR count). The quantitative estimate of drug-likeness (QED) is 0.736. The van der Waals surface area contributed by atoms with Crippen molar-refractivity contribution in [3.8, 4) is 5.75 Å². The van der Waals surface area contributed by atoms with E-state index in [4.69, 9.17) is 16.3 Å². The number of halogens is 1. The van der Waals surface area contributed by atoms with Crippen LogP contribution in [0.4, 0.5) is 0 Å². The van der Waals surface area contributed by atoms with E-state index in [-0.39, 0.29) is 0 Å². The molecule has 0 radical (unpaired) electrons. The van der Waals surface area contributed by atoms with Crippen LogP contribution >= 0.6 is 11.6 Å². The minimum Gasteiger partial charge on any atom is -0.496 e. The fourth-order valence-corrected chi connectivity index (χ4v) is 1.94. The summed E-state index contributed by atoms with van der Waals surface area (Å²) in [5.41, 5.74) is 3.37. The van der Waals surface area contributed by atoms with Gasteiger partial charge in [0.1, 0.15) is 5.75 Å². The molecule has 1 heterocycles. The maximum absolute atomic E-state index is 5.80. The second-order valence-corrected chi connectivity index (χ2v) is 4.65. The van der Waals surface area contributed by atoms with Gasteiger partial charge in [-0.15, -0.1) is 11.6 Å². The third kappa shape index (κ3) is 3.11. The lowest BCUT2D eigenvalue weighted by molar-refractivity contribution is 0.406. The largest absolute Gasteiger partial charge is 0.496 e. The van der Waals surface area contributed by atoms with E-state index in [2.05, 4.69) is 18.8 Å². The lowest BCUT2D eigenvalue weighted by atomic mass is 10.0. The Morgan fingerprint density at radius 1 is 1.44 bits per heavy atom. The highest BCUT2D eigenvalue weighted by Gasteiger charge is 2.10. The Kier molecular flexibility index (Phi) is 5.07. The van der Waals surface area contributed by atoms with Gasteiger partial charge in [0.25, 0.3) is 0 Å². The first kappa shape index (κ1) is 13.3. The minimum atomic E-state index is 0.537. The second-order valence-electron chi connectivity index (χ2n) is 4.34. The van der Waals surface area contributed by atoms with Crippen molar-refractivity contribution in [2.24, 2.45) is 5.92 Å². The average Bonchev–Trinajstić information content (AvgIpc) is 2.28. The molecule has 0 aromatic carbocycles. The maximum atomic E-state index is 5.80. The second kappa shape index (κ2) is 6.09. The molecule has 3 heteroatoms. The lowest BCUT2D eigenvalue weighted by Crippen LogP contribution is -2.04. The molecule has 0 saturated carbocycles. The molecule has 0 spiro atoms. The molecule has 0 fully saturated rings. The van der Waals surface area contributed by atoms with Gasteiger partial charge in [0.2, 0.25) is 0 Å². The number of hydrogen-bond donors (Lipinski definition) is 0. The monoisotopic (exact) mass is 241 g/mol. The van der Waals surface area contributed by atoms with Gasteiger partial charge in [-0.1, -0.05) is 6.92 Å². The smallest absolute Gasteiger partial charge is 0.128 e. The highest BCUT2D eigenvalue weighted by molar-refractivity contribution is 6.18. The molecule has 0 aliphatic rings. The Hall–Kier alpha value is -0.760. The third-order valence-corrected chi connectivity index (χ3v) is 3.41. The lowest BCUT2D eigenvalue weighted by Gasteiger charge is -2.13. The summed E-state index contributed by atoms with van der Waals surface area (Å²) >= 11 is 5.80. The summed E-state index contributed by atoms with van der Waals surface area (Å²) in [6, 6.07) is 0. The number of nitrogens with zero attached hydrogens (tertiary/aromatic N) is 1. The van der Waals surface area contributed by atoms with Gasteiger partial charge in [-0.2, -0.15) is 0 Å². The number of aryl methyl sites for hydroxylation is 2. The summed E-state index contributed by atoms with van der Waals surface area (Å²) in [5, 5.41) is 0. The zero-order valence-electron chi connectivity index (χ0n) is 10.5. The van der Waals surface area contributed by atoms with Crippen LogP contribution in [0.2, 0.25) is 0 Å². The maximum Gasteiger partial charge on any atom is 0.128 e. The normalized spacial score (nSPS) is 12.6. The van der Waals surface area contributed by atoms with Crippen LogP contribution in [0, 0.1) is 19.8 Å². The van der Waals surface area contributed by atoms with Crippen molar-refractivity contribution in [1.29, 1.82) is 0 Å². The van der Waals surface area contributed by atoms with Crippen molar-refractivity contribution in [2.45, 2.75) is 33.6 Å². The summed E-state index contributed by atoms with van der Waals surface area (Å²) in [4.78, 5) is 4.47. The van der Waals surface area contributed by atoms with Gasteiger partial charge in [-0.05, 0) is 32.6 Å². The van der Waals surface area contributed by atoms with Crippen molar-refractivity contribution in [3.05, 3.63) is 23.0 Å². The highest BCUT2D eigenvalue weighted by Crippen LogP contribution is 2.25. The topological polar surface area (TPSA) is 22.1 Å². The molecule has 0 bridgehead atoms. The van der Waals surface area contributed by atoms with Gasteiger partial charge in [-0.25, -0.2) is 0 Å². The Morgan fingerprint density at radius 2 is 2.12 bits per heavy atom. The van der Waals surface area contributed by atoms with Crippen molar-refractivity contribution in [1.82, 2.24) is 4.98 Å². The Morgan fingerprint density at radius 3 is 2.69 bits per heavy atom. The molecule has 0 aliphatic carbocycles. The van der Waals surface area contributed by atoms with E-state index >= 15 is 0 Å². The van der Waals surface area contributed by atoms with Crippen LogP contribution < -0.4 is 4.74 Å². The van der Waals surface area contributed by atoms with Gasteiger partial charge in [0, 0.05) is 28.9 Å². The molecule has 90 valence electrons. The van der Waals surface area contributed by atoms with E-state index in [0.717, 1.165) is 35.4 Å². The van der Waals surface area contributed by atoms with Gasteiger partial charge in [0.15, 0.2) is 0 Å². The Balaban J connectivity index is 2.81. The number of pyridine rings is 1. The number of ether oxygens (including phenoxy) is 1. The zero-order valence-corrected chi connectivity index (χ0v) is 11.3. The molecule has 0 amide bonds. The fourth-order valence-electron chi connectivity index (χ4n) is 1.78. The third-order valence-electron chi connectivity index (χ3n) is 2.89. The fraction of sp³-hybridized carbons (Fsp3) is 0.615. The molecule has 0 saturated heterocycles. The van der Waals surface area contributed by atoms with Gasteiger partial charge >= 0.3 is 0 Å². The summed E-state index contributed by atoms with van der Waals surface area (Å²) in [7, 11) is 1.71. The number of methoxy groups -OCH3 is 1. The van der Waals surface area contributed by atoms with Crippen LogP contribution in [0.25, 0.3) is 0 Å². The van der Waals surface area contributed by atoms with E-state index in [0.29, 0.717) is 11.8 Å². The van der Waals surface area contributed by atoms with Crippen molar-refractivity contribution in [2.75, 3.05) is 13.0 Å². The Bertz CT molecular complexity index is 352. The number of aromatic nitrogens is 1. The van der Waals surface area contributed by atoms with Crippen molar-refractivity contribution in [3.63, 3.8) is 0 Å². The standard InChI is InChI=1S/C13H20ClNO/c1-9(7-14)5-6-12-11(3)13(16-4)10(2)8-15-12/h8-9H,5-7H2,1-4H3. The highest BCUT2D eigenvalue weighted by atomic mass is 35.5. The van der Waals surface area contributed by atoms with E-state index in [1.54, 1.807) is 7.11 Å². The first-order valence-electron chi connectivity index (χ1n) is 5.65. The molecule has 0 aliphatic heterocycles. The van der Waals surface area contributed by atoms with Crippen molar-refractivity contribution < 1.29 is 4.74 Å². The molecule has 16 heavy (non-hydrogen) atoms. The minimum absolute atomic E-state index is 0.537. The van der Waals surface area contributed by atoms with Crippen LogP contribution in [0.1, 0.15) is 30.2 Å². The van der Waals surface area contributed by atoms with Gasteiger partial charge in [0.05, 0.1) is 7.11 Å². The predicted molar refractivity (Wildman–Crippen MR) is 68.5 cm³/mol. The Labute approximate surface area is 103 Å². The molecule has 1 aromatic heterocycles. The van der Waals surface area contributed by atoms with Gasteiger partial charge in [-0.3, -0.25) is 4.98 Å². The zero-order chi connectivity index (χ0) is 12.1. The van der Waals surface area contributed by atoms with Crippen LogP contribution in [-0.2, 0) is 6.42 Å². The molecule has 1 aromatic rings. The first-order chi connectivity index (χ1) is 7.60. The molecule has 1 atom stereocenters. The number of alkyl halides is 1. The van der Waals surface area contributed by atoms with Crippen LogP contribution in [0.3, 0.4) is 0 Å². The van der Waals surface area contributed by atoms with Crippen LogP contribution in [0.5, 0.6) is 5.75 Å². The first-order valence-corrected chi connectivity index (χ1v) is 6.18. The number of hydrogen-bond acceptors (Lipinski definition) is 2. The molecule has 1 unspecified atom stereocenters. The molecule has 0 N–H and O–H groups in total. The van der Waals surface area contributed by atoms with Gasteiger partial charge < -0.3 is 4.74 Å². The average molecular weight is 242 g/mol.